The number of Topliss-reactive ketones (excluding diaryl/α,β-unsaturated/α-hetero) is 2. The fraction of sp³-hybridized carbons (Fsp3) is 0.125. The predicted molar refractivity (Wildman–Crippen MR) is 173 cm³/mol. The predicted octanol–water partition coefficient (Wildman–Crippen LogP) is 7.01. The number of hydrogen-bond acceptors (Lipinski definition) is 10. The Hall–Kier alpha value is -4.55. The standard InChI is InChI=1S/C16H13BrO4.C16H14O4.BHNS/c1-20-16(19)14(17)15(18)11-7-9-13(10-8-11)21-12-5-3-2-4-6-12;1-19-16(18)11-15(17)12-7-9-14(10-8-12)20-13-5-3-2-4-6-13;1-2-3/h2-10,14H,1H3;2-10H,11H2,1H3;3H. The maximum absolute atomic E-state index is 12.0. The van der Waals surface area contributed by atoms with Crippen LogP contribution >= 0.6 is 28.7 Å². The fourth-order valence-electron chi connectivity index (χ4n) is 3.31. The minimum atomic E-state index is -0.997. The van der Waals surface area contributed by atoms with E-state index in [-0.39, 0.29) is 18.0 Å². The van der Waals surface area contributed by atoms with Crippen LogP contribution in [0.15, 0.2) is 113 Å². The number of carbonyl (C=O) groups excluding carboxylic acids is 4. The van der Waals surface area contributed by atoms with Crippen LogP contribution in [0.4, 0.5) is 0 Å². The van der Waals surface area contributed by atoms with E-state index < -0.39 is 16.8 Å². The summed E-state index contributed by atoms with van der Waals surface area (Å²) < 4.78 is 22.9. The Morgan fingerprint density at radius 3 is 1.45 bits per heavy atom. The number of benzene rings is 4. The Kier molecular flexibility index (Phi) is 15.9. The summed E-state index contributed by atoms with van der Waals surface area (Å²) in [6.07, 6.45) is -0.255. The van der Waals surface area contributed by atoms with E-state index in [0.29, 0.717) is 28.4 Å². The zero-order valence-electron chi connectivity index (χ0n) is 23.8. The van der Waals surface area contributed by atoms with Crippen molar-refractivity contribution >= 4 is 59.9 Å². The molecule has 12 heteroatoms. The molecular formula is C32H28BBrNO8S. The van der Waals surface area contributed by atoms with Gasteiger partial charge in [0.2, 0.25) is 0 Å². The zero-order valence-corrected chi connectivity index (χ0v) is 26.3. The molecule has 0 saturated heterocycles. The van der Waals surface area contributed by atoms with Crippen LogP contribution in [0.5, 0.6) is 23.0 Å². The van der Waals surface area contributed by atoms with Gasteiger partial charge in [0.25, 0.3) is 0 Å². The van der Waals surface area contributed by atoms with Crippen LogP contribution in [-0.4, -0.2) is 50.2 Å². The van der Waals surface area contributed by atoms with E-state index in [1.165, 1.54) is 14.2 Å². The summed E-state index contributed by atoms with van der Waals surface area (Å²) in [4.78, 5) is 45.1. The van der Waals surface area contributed by atoms with Crippen LogP contribution in [0.2, 0.25) is 0 Å². The molecule has 0 amide bonds. The summed E-state index contributed by atoms with van der Waals surface area (Å²) in [6.45, 7) is 0. The summed E-state index contributed by atoms with van der Waals surface area (Å²) in [7, 11) is 6.83. The van der Waals surface area contributed by atoms with Crippen molar-refractivity contribution in [3.8, 4) is 23.0 Å². The number of methoxy groups -OCH3 is 2. The number of halogens is 1. The van der Waals surface area contributed by atoms with Crippen molar-refractivity contribution in [1.82, 2.24) is 0 Å². The van der Waals surface area contributed by atoms with Crippen molar-refractivity contribution < 1.29 is 38.1 Å². The van der Waals surface area contributed by atoms with Crippen LogP contribution in [-0.2, 0) is 19.1 Å². The van der Waals surface area contributed by atoms with Crippen molar-refractivity contribution in [1.29, 1.82) is 0 Å². The number of nitrogens with zero attached hydrogens (tertiary/aromatic N) is 1. The molecule has 0 saturated carbocycles. The summed E-state index contributed by atoms with van der Waals surface area (Å²) in [5.74, 6) is 0.888. The molecule has 0 aliphatic heterocycles. The molecule has 1 atom stereocenters. The van der Waals surface area contributed by atoms with Gasteiger partial charge in [-0.15, -0.1) is 0 Å². The van der Waals surface area contributed by atoms with Crippen LogP contribution in [0.1, 0.15) is 27.1 Å². The number of thiol groups is 1. The normalized spacial score (nSPS) is 10.2. The van der Waals surface area contributed by atoms with Gasteiger partial charge in [-0.2, -0.15) is 0 Å². The van der Waals surface area contributed by atoms with E-state index in [2.05, 4.69) is 50.2 Å². The number of alkyl halides is 1. The summed E-state index contributed by atoms with van der Waals surface area (Å²) in [5, 5.41) is 0. The molecule has 0 spiro atoms. The molecule has 1 unspecified atom stereocenters. The van der Waals surface area contributed by atoms with Crippen molar-refractivity contribution in [3.63, 3.8) is 0 Å². The second kappa shape index (κ2) is 19.6. The summed E-state index contributed by atoms with van der Waals surface area (Å²) in [5.41, 5.74) is 0.860. The van der Waals surface area contributed by atoms with E-state index in [4.69, 9.17) is 9.47 Å². The number of hydrogen-bond donors (Lipinski definition) is 1. The number of esters is 2. The molecule has 0 aliphatic carbocycles. The van der Waals surface area contributed by atoms with E-state index in [9.17, 15) is 19.2 Å². The van der Waals surface area contributed by atoms with Crippen LogP contribution < -0.4 is 9.47 Å². The Bertz CT molecular complexity index is 1510. The monoisotopic (exact) mass is 676 g/mol. The Balaban J connectivity index is 0.000000282. The third-order valence-electron chi connectivity index (χ3n) is 5.44. The number of carbonyl (C=O) groups is 4. The average Bonchev–Trinajstić information content (AvgIpc) is 3.06. The molecule has 0 N–H and O–H groups in total. The molecule has 0 bridgehead atoms. The third-order valence-corrected chi connectivity index (χ3v) is 6.23. The first-order chi connectivity index (χ1) is 21.2. The third kappa shape index (κ3) is 12.4. The summed E-state index contributed by atoms with van der Waals surface area (Å²) in [6, 6.07) is 31.9. The van der Waals surface area contributed by atoms with Gasteiger partial charge < -0.3 is 18.9 Å². The van der Waals surface area contributed by atoms with Crippen molar-refractivity contribution in [3.05, 3.63) is 120 Å². The van der Waals surface area contributed by atoms with Crippen molar-refractivity contribution in [2.24, 2.45) is 4.30 Å². The van der Waals surface area contributed by atoms with E-state index >= 15 is 0 Å². The maximum atomic E-state index is 12.0. The van der Waals surface area contributed by atoms with Crippen LogP contribution in [0, 0.1) is 0 Å². The van der Waals surface area contributed by atoms with Crippen molar-refractivity contribution in [2.45, 2.75) is 11.2 Å². The Labute approximate surface area is 270 Å². The fourth-order valence-corrected chi connectivity index (χ4v) is 3.76. The first-order valence-corrected chi connectivity index (χ1v) is 14.1. The second-order valence-corrected chi connectivity index (χ2v) is 9.57. The number of para-hydroxylation sites is 2. The molecule has 4 aromatic carbocycles. The molecule has 225 valence electrons. The molecule has 44 heavy (non-hydrogen) atoms. The van der Waals surface area contributed by atoms with E-state index in [1.807, 2.05) is 60.7 Å². The van der Waals surface area contributed by atoms with E-state index in [1.54, 1.807) is 48.5 Å². The van der Waals surface area contributed by atoms with Gasteiger partial charge in [-0.1, -0.05) is 52.3 Å². The number of rotatable bonds is 10. The summed E-state index contributed by atoms with van der Waals surface area (Å²) >= 11 is 6.21. The van der Waals surface area contributed by atoms with E-state index in [0.717, 1.165) is 5.75 Å². The molecule has 4 aromatic rings. The van der Waals surface area contributed by atoms with Gasteiger partial charge in [-0.05, 0) is 72.8 Å². The second-order valence-electron chi connectivity index (χ2n) is 8.42. The SMILES string of the molecule is COC(=O)C(Br)C(=O)c1ccc(Oc2ccccc2)cc1.COC(=O)CC(=O)c1ccc(Oc2ccccc2)cc1.[B]=NS. The first-order valence-electron chi connectivity index (χ1n) is 12.8. The average molecular weight is 677 g/mol. The van der Waals surface area contributed by atoms with Gasteiger partial charge in [0.05, 0.1) is 14.2 Å². The quantitative estimate of drug-likeness (QED) is 0.0476. The molecule has 0 heterocycles. The minimum absolute atomic E-state index is 0.255. The number of ether oxygens (including phenoxy) is 4. The molecule has 1 radical (unpaired) electrons. The van der Waals surface area contributed by atoms with Gasteiger partial charge in [-0.3, -0.25) is 19.2 Å². The van der Waals surface area contributed by atoms with Gasteiger partial charge in [0.15, 0.2) is 16.4 Å². The van der Waals surface area contributed by atoms with Crippen molar-refractivity contribution in [2.75, 3.05) is 14.2 Å². The molecule has 4 rings (SSSR count). The molecule has 0 aromatic heterocycles. The van der Waals surface area contributed by atoms with Crippen LogP contribution in [0.3, 0.4) is 0 Å². The first kappa shape index (κ1) is 35.7. The zero-order chi connectivity index (χ0) is 32.3. The number of ketones is 2. The molecule has 9 nitrogen and oxygen atoms in total. The van der Waals surface area contributed by atoms with Gasteiger partial charge in [0.1, 0.15) is 29.4 Å². The van der Waals surface area contributed by atoms with Gasteiger partial charge in [-0.25, -0.2) is 0 Å². The van der Waals surface area contributed by atoms with Gasteiger partial charge >= 0.3 is 36.7 Å². The topological polar surface area (TPSA) is 118 Å². The van der Waals surface area contributed by atoms with Gasteiger partial charge in [0, 0.05) is 11.1 Å². The molecular weight excluding hydrogens is 649 g/mol. The Morgan fingerprint density at radius 1 is 0.682 bits per heavy atom. The molecule has 0 fully saturated rings. The Morgan fingerprint density at radius 2 is 1.07 bits per heavy atom. The van der Waals surface area contributed by atoms with Crippen LogP contribution in [0.25, 0.3) is 0 Å². The molecule has 0 aliphatic rings.